The first-order valence-electron chi connectivity index (χ1n) is 4.16. The van der Waals surface area contributed by atoms with E-state index in [1.165, 1.54) is 0 Å². The molecule has 0 aliphatic rings. The summed E-state index contributed by atoms with van der Waals surface area (Å²) in [5, 5.41) is 0.573. The van der Waals surface area contributed by atoms with Crippen molar-refractivity contribution in [3.8, 4) is 0 Å². The van der Waals surface area contributed by atoms with E-state index in [2.05, 4.69) is 22.6 Å². The third-order valence-electron chi connectivity index (χ3n) is 1.50. The van der Waals surface area contributed by atoms with Crippen LogP contribution in [-0.4, -0.2) is 12.1 Å². The molecular formula is C10H10ClIO2. The highest BCUT2D eigenvalue weighted by Crippen LogP contribution is 2.20. The largest absolute Gasteiger partial charge is 0.459 e. The Kier molecular flexibility index (Phi) is 4.19. The van der Waals surface area contributed by atoms with E-state index in [1.54, 1.807) is 18.2 Å². The average Bonchev–Trinajstić information content (AvgIpc) is 2.08. The first-order valence-corrected chi connectivity index (χ1v) is 5.62. The van der Waals surface area contributed by atoms with Crippen molar-refractivity contribution in [1.29, 1.82) is 0 Å². The summed E-state index contributed by atoms with van der Waals surface area (Å²) in [6, 6.07) is 5.12. The number of hydrogen-bond donors (Lipinski definition) is 0. The van der Waals surface area contributed by atoms with Gasteiger partial charge in [0.05, 0.1) is 16.7 Å². The van der Waals surface area contributed by atoms with E-state index < -0.39 is 0 Å². The Balaban J connectivity index is 2.86. The zero-order chi connectivity index (χ0) is 10.7. The van der Waals surface area contributed by atoms with Crippen molar-refractivity contribution < 1.29 is 9.53 Å². The summed E-state index contributed by atoms with van der Waals surface area (Å²) in [5.74, 6) is -0.335. The zero-order valence-corrected chi connectivity index (χ0v) is 10.8. The van der Waals surface area contributed by atoms with Crippen LogP contribution in [0.3, 0.4) is 0 Å². The molecule has 76 valence electrons. The summed E-state index contributed by atoms with van der Waals surface area (Å²) in [6.45, 7) is 3.62. The van der Waals surface area contributed by atoms with Crippen molar-refractivity contribution in [2.45, 2.75) is 20.0 Å². The number of rotatable bonds is 2. The van der Waals surface area contributed by atoms with Crippen molar-refractivity contribution in [3.63, 3.8) is 0 Å². The van der Waals surface area contributed by atoms with Crippen LogP contribution in [-0.2, 0) is 4.74 Å². The molecule has 0 fully saturated rings. The van der Waals surface area contributed by atoms with E-state index in [0.29, 0.717) is 10.6 Å². The van der Waals surface area contributed by atoms with E-state index in [4.69, 9.17) is 16.3 Å². The predicted molar refractivity (Wildman–Crippen MR) is 64.7 cm³/mol. The van der Waals surface area contributed by atoms with Crippen LogP contribution in [0, 0.1) is 3.57 Å². The lowest BCUT2D eigenvalue weighted by Gasteiger charge is -2.08. The normalized spacial score (nSPS) is 10.4. The van der Waals surface area contributed by atoms with Crippen LogP contribution in [0.5, 0.6) is 0 Å². The number of carbonyl (C=O) groups is 1. The molecular weight excluding hydrogens is 314 g/mol. The maximum Gasteiger partial charge on any atom is 0.338 e. The van der Waals surface area contributed by atoms with Gasteiger partial charge in [-0.1, -0.05) is 11.6 Å². The number of hydrogen-bond acceptors (Lipinski definition) is 2. The van der Waals surface area contributed by atoms with Gasteiger partial charge in [-0.3, -0.25) is 0 Å². The van der Waals surface area contributed by atoms with Crippen LogP contribution in [0.25, 0.3) is 0 Å². The number of esters is 1. The van der Waals surface area contributed by atoms with Gasteiger partial charge in [-0.05, 0) is 54.6 Å². The number of carbonyl (C=O) groups excluding carboxylic acids is 1. The van der Waals surface area contributed by atoms with E-state index >= 15 is 0 Å². The summed E-state index contributed by atoms with van der Waals surface area (Å²) in [7, 11) is 0. The molecule has 0 bridgehead atoms. The van der Waals surface area contributed by atoms with Gasteiger partial charge in [0, 0.05) is 3.57 Å². The van der Waals surface area contributed by atoms with Crippen molar-refractivity contribution >= 4 is 40.2 Å². The molecule has 0 unspecified atom stereocenters. The molecule has 0 saturated heterocycles. The molecule has 14 heavy (non-hydrogen) atoms. The van der Waals surface area contributed by atoms with E-state index in [1.807, 2.05) is 13.8 Å². The van der Waals surface area contributed by atoms with Crippen molar-refractivity contribution in [2.75, 3.05) is 0 Å². The molecule has 0 amide bonds. The molecule has 1 aromatic carbocycles. The minimum Gasteiger partial charge on any atom is -0.459 e. The summed E-state index contributed by atoms with van der Waals surface area (Å²) < 4.78 is 5.95. The lowest BCUT2D eigenvalue weighted by atomic mass is 10.2. The highest BCUT2D eigenvalue weighted by atomic mass is 127. The lowest BCUT2D eigenvalue weighted by molar-refractivity contribution is 0.0378. The van der Waals surface area contributed by atoms with Crippen molar-refractivity contribution in [1.82, 2.24) is 0 Å². The molecule has 0 atom stereocenters. The standard InChI is InChI=1S/C10H10ClIO2/c1-6(2)14-10(13)7-3-4-9(12)8(11)5-7/h3-6H,1-2H3. The number of halogens is 2. The highest BCUT2D eigenvalue weighted by molar-refractivity contribution is 14.1. The maximum absolute atomic E-state index is 11.4. The van der Waals surface area contributed by atoms with E-state index in [0.717, 1.165) is 3.57 Å². The second-order valence-corrected chi connectivity index (χ2v) is 4.65. The van der Waals surface area contributed by atoms with Gasteiger partial charge in [0.25, 0.3) is 0 Å². The molecule has 0 aliphatic heterocycles. The average molecular weight is 325 g/mol. The van der Waals surface area contributed by atoms with Crippen LogP contribution in [0.2, 0.25) is 5.02 Å². The monoisotopic (exact) mass is 324 g/mol. The smallest absolute Gasteiger partial charge is 0.338 e. The summed E-state index contributed by atoms with van der Waals surface area (Å²) in [4.78, 5) is 11.4. The van der Waals surface area contributed by atoms with Crippen LogP contribution < -0.4 is 0 Å². The molecule has 2 nitrogen and oxygen atoms in total. The molecule has 1 rings (SSSR count). The summed E-state index contributed by atoms with van der Waals surface area (Å²) in [5.41, 5.74) is 0.490. The number of ether oxygens (including phenoxy) is 1. The Morgan fingerprint density at radius 3 is 2.64 bits per heavy atom. The lowest BCUT2D eigenvalue weighted by Crippen LogP contribution is -2.11. The first kappa shape index (κ1) is 11.8. The molecule has 0 spiro atoms. The predicted octanol–water partition coefficient (Wildman–Crippen LogP) is 3.51. The Labute approximate surface area is 102 Å². The topological polar surface area (TPSA) is 26.3 Å². The number of benzene rings is 1. The van der Waals surface area contributed by atoms with Crippen molar-refractivity contribution in [3.05, 3.63) is 32.4 Å². The molecule has 1 aromatic rings. The van der Waals surface area contributed by atoms with Crippen LogP contribution in [0.4, 0.5) is 0 Å². The Morgan fingerprint density at radius 1 is 1.50 bits per heavy atom. The maximum atomic E-state index is 11.4. The molecule has 0 aromatic heterocycles. The Morgan fingerprint density at radius 2 is 2.14 bits per heavy atom. The van der Waals surface area contributed by atoms with Gasteiger partial charge in [-0.25, -0.2) is 4.79 Å². The van der Waals surface area contributed by atoms with Gasteiger partial charge < -0.3 is 4.74 Å². The van der Waals surface area contributed by atoms with Crippen LogP contribution >= 0.6 is 34.2 Å². The zero-order valence-electron chi connectivity index (χ0n) is 7.88. The van der Waals surface area contributed by atoms with Gasteiger partial charge in [0.15, 0.2) is 0 Å². The van der Waals surface area contributed by atoms with Gasteiger partial charge in [-0.2, -0.15) is 0 Å². The second kappa shape index (κ2) is 4.98. The first-order chi connectivity index (χ1) is 6.50. The minimum absolute atomic E-state index is 0.111. The van der Waals surface area contributed by atoms with Gasteiger partial charge in [0.1, 0.15) is 0 Å². The SMILES string of the molecule is CC(C)OC(=O)c1ccc(I)c(Cl)c1. The fraction of sp³-hybridized carbons (Fsp3) is 0.300. The molecule has 0 radical (unpaired) electrons. The second-order valence-electron chi connectivity index (χ2n) is 3.08. The minimum atomic E-state index is -0.335. The quantitative estimate of drug-likeness (QED) is 0.615. The van der Waals surface area contributed by atoms with Gasteiger partial charge in [-0.15, -0.1) is 0 Å². The summed E-state index contributed by atoms with van der Waals surface area (Å²) in [6.07, 6.45) is -0.111. The fourth-order valence-electron chi connectivity index (χ4n) is 0.905. The fourth-order valence-corrected chi connectivity index (χ4v) is 1.42. The Hall–Kier alpha value is -0.290. The van der Waals surface area contributed by atoms with Crippen molar-refractivity contribution in [2.24, 2.45) is 0 Å². The van der Waals surface area contributed by atoms with Crippen LogP contribution in [0.1, 0.15) is 24.2 Å². The highest BCUT2D eigenvalue weighted by Gasteiger charge is 2.10. The van der Waals surface area contributed by atoms with Gasteiger partial charge in [0.2, 0.25) is 0 Å². The molecule has 0 saturated carbocycles. The Bertz CT molecular complexity index is 350. The molecule has 4 heteroatoms. The van der Waals surface area contributed by atoms with Crippen LogP contribution in [0.15, 0.2) is 18.2 Å². The van der Waals surface area contributed by atoms with Gasteiger partial charge >= 0.3 is 5.97 Å². The molecule has 0 aliphatic carbocycles. The summed E-state index contributed by atoms with van der Waals surface area (Å²) >= 11 is 7.98. The van der Waals surface area contributed by atoms with E-state index in [-0.39, 0.29) is 12.1 Å². The molecule has 0 heterocycles. The third-order valence-corrected chi connectivity index (χ3v) is 3.07. The van der Waals surface area contributed by atoms with E-state index in [9.17, 15) is 4.79 Å². The third kappa shape index (κ3) is 3.13. The molecule has 0 N–H and O–H groups in total.